The van der Waals surface area contributed by atoms with Crippen LogP contribution < -0.4 is 4.74 Å². The van der Waals surface area contributed by atoms with E-state index in [0.717, 1.165) is 30.8 Å². The smallest absolute Gasteiger partial charge is 0.316 e. The fourth-order valence-electron chi connectivity index (χ4n) is 2.69. The Bertz CT molecular complexity index is 711. The Balaban J connectivity index is 1.59. The van der Waals surface area contributed by atoms with E-state index < -0.39 is 5.82 Å². The normalized spacial score (nSPS) is 17.6. The highest BCUT2D eigenvalue weighted by atomic mass is 35.5. The summed E-state index contributed by atoms with van der Waals surface area (Å²) in [5, 5.41) is 0.593. The number of amides is 1. The van der Waals surface area contributed by atoms with Crippen LogP contribution >= 0.6 is 11.6 Å². The third-order valence-electron chi connectivity index (χ3n) is 3.90. The van der Waals surface area contributed by atoms with Crippen molar-refractivity contribution in [2.24, 2.45) is 0 Å². The molecule has 24 heavy (non-hydrogen) atoms. The maximum absolute atomic E-state index is 12.8. The molecule has 1 aliphatic heterocycles. The zero-order valence-corrected chi connectivity index (χ0v) is 13.7. The van der Waals surface area contributed by atoms with Crippen LogP contribution in [0.15, 0.2) is 36.7 Å². The van der Waals surface area contributed by atoms with Crippen molar-refractivity contribution in [3.8, 4) is 6.01 Å². The molecule has 1 aromatic carbocycles. The summed E-state index contributed by atoms with van der Waals surface area (Å²) in [7, 11) is 0. The quantitative estimate of drug-likeness (QED) is 0.851. The van der Waals surface area contributed by atoms with Gasteiger partial charge in [-0.1, -0.05) is 29.8 Å². The summed E-state index contributed by atoms with van der Waals surface area (Å²) < 4.78 is 18.5. The van der Waals surface area contributed by atoms with Crippen LogP contribution in [0.25, 0.3) is 0 Å². The van der Waals surface area contributed by atoms with Gasteiger partial charge in [-0.05, 0) is 24.5 Å². The van der Waals surface area contributed by atoms with Gasteiger partial charge in [0.25, 0.3) is 0 Å². The molecule has 1 saturated heterocycles. The lowest BCUT2D eigenvalue weighted by Crippen LogP contribution is -2.45. The van der Waals surface area contributed by atoms with Crippen molar-refractivity contribution in [1.29, 1.82) is 0 Å². The van der Waals surface area contributed by atoms with Crippen molar-refractivity contribution >= 4 is 17.5 Å². The third kappa shape index (κ3) is 4.20. The molecule has 3 rings (SSSR count). The van der Waals surface area contributed by atoms with Crippen molar-refractivity contribution in [2.45, 2.75) is 25.4 Å². The maximum atomic E-state index is 12.8. The first-order valence-electron chi connectivity index (χ1n) is 7.77. The lowest BCUT2D eigenvalue weighted by molar-refractivity contribution is -0.133. The van der Waals surface area contributed by atoms with Crippen LogP contribution in [-0.2, 0) is 11.2 Å². The Morgan fingerprint density at radius 2 is 2.08 bits per heavy atom. The molecule has 1 aliphatic rings. The standard InChI is InChI=1S/C17H17ClFN3O2/c18-15-6-2-1-4-12(15)8-16(23)22-7-3-5-14(11-22)24-17-20-9-13(19)10-21-17/h1-2,4,6,9-10,14H,3,5,7-8,11H2. The number of halogens is 2. The first kappa shape index (κ1) is 16.6. The van der Waals surface area contributed by atoms with E-state index in [-0.39, 0.29) is 24.4 Å². The number of hydrogen-bond donors (Lipinski definition) is 0. The molecular weight excluding hydrogens is 333 g/mol. The number of carbonyl (C=O) groups excluding carboxylic acids is 1. The van der Waals surface area contributed by atoms with E-state index in [9.17, 15) is 9.18 Å². The number of carbonyl (C=O) groups is 1. The molecule has 0 radical (unpaired) electrons. The summed E-state index contributed by atoms with van der Waals surface area (Å²) in [6, 6.07) is 7.45. The van der Waals surface area contributed by atoms with E-state index in [0.29, 0.717) is 18.1 Å². The van der Waals surface area contributed by atoms with Gasteiger partial charge in [0, 0.05) is 11.6 Å². The molecule has 1 fully saturated rings. The van der Waals surface area contributed by atoms with E-state index in [1.54, 1.807) is 11.0 Å². The molecular formula is C17H17ClFN3O2. The Morgan fingerprint density at radius 3 is 2.83 bits per heavy atom. The van der Waals surface area contributed by atoms with Gasteiger partial charge >= 0.3 is 6.01 Å². The summed E-state index contributed by atoms with van der Waals surface area (Å²) in [6.45, 7) is 1.15. The number of aromatic nitrogens is 2. The van der Waals surface area contributed by atoms with Crippen molar-refractivity contribution in [1.82, 2.24) is 14.9 Å². The van der Waals surface area contributed by atoms with Crippen LogP contribution in [0.1, 0.15) is 18.4 Å². The molecule has 126 valence electrons. The zero-order chi connectivity index (χ0) is 16.9. The Morgan fingerprint density at radius 1 is 1.33 bits per heavy atom. The van der Waals surface area contributed by atoms with Gasteiger partial charge in [-0.3, -0.25) is 4.79 Å². The monoisotopic (exact) mass is 349 g/mol. The van der Waals surface area contributed by atoms with Gasteiger partial charge in [0.2, 0.25) is 5.91 Å². The average Bonchev–Trinajstić information content (AvgIpc) is 2.59. The average molecular weight is 350 g/mol. The Kier molecular flexibility index (Phi) is 5.25. The predicted octanol–water partition coefficient (Wildman–Crippen LogP) is 2.88. The summed E-state index contributed by atoms with van der Waals surface area (Å²) in [5.41, 5.74) is 0.814. The highest BCUT2D eigenvalue weighted by Crippen LogP contribution is 2.19. The molecule has 1 unspecified atom stereocenters. The topological polar surface area (TPSA) is 55.3 Å². The minimum atomic E-state index is -0.512. The van der Waals surface area contributed by atoms with Crippen molar-refractivity contribution in [2.75, 3.05) is 13.1 Å². The maximum Gasteiger partial charge on any atom is 0.316 e. The highest BCUT2D eigenvalue weighted by molar-refractivity contribution is 6.31. The van der Waals surface area contributed by atoms with E-state index in [1.807, 2.05) is 18.2 Å². The minimum absolute atomic E-state index is 0.0106. The van der Waals surface area contributed by atoms with Crippen molar-refractivity contribution in [3.63, 3.8) is 0 Å². The molecule has 5 nitrogen and oxygen atoms in total. The lowest BCUT2D eigenvalue weighted by Gasteiger charge is -2.32. The van der Waals surface area contributed by atoms with E-state index in [2.05, 4.69) is 9.97 Å². The SMILES string of the molecule is O=C(Cc1ccccc1Cl)N1CCCC(Oc2ncc(F)cn2)C1. The Labute approximate surface area is 144 Å². The van der Waals surface area contributed by atoms with E-state index in [1.165, 1.54) is 0 Å². The van der Waals surface area contributed by atoms with E-state index >= 15 is 0 Å². The molecule has 0 bridgehead atoms. The molecule has 2 heterocycles. The van der Waals surface area contributed by atoms with Crippen molar-refractivity contribution in [3.05, 3.63) is 53.1 Å². The van der Waals surface area contributed by atoms with Crippen LogP contribution in [0.2, 0.25) is 5.02 Å². The predicted molar refractivity (Wildman–Crippen MR) is 87.4 cm³/mol. The highest BCUT2D eigenvalue weighted by Gasteiger charge is 2.25. The van der Waals surface area contributed by atoms with Gasteiger partial charge in [-0.2, -0.15) is 0 Å². The first-order valence-corrected chi connectivity index (χ1v) is 8.15. The van der Waals surface area contributed by atoms with Gasteiger partial charge < -0.3 is 9.64 Å². The summed E-state index contributed by atoms with van der Waals surface area (Å²) >= 11 is 6.11. The molecule has 2 aromatic rings. The van der Waals surface area contributed by atoms with Crippen molar-refractivity contribution < 1.29 is 13.9 Å². The molecule has 1 atom stereocenters. The molecule has 0 saturated carbocycles. The lowest BCUT2D eigenvalue weighted by atomic mass is 10.1. The molecule has 1 amide bonds. The Hall–Kier alpha value is -2.21. The number of ether oxygens (including phenoxy) is 1. The second-order valence-corrected chi connectivity index (χ2v) is 6.08. The second kappa shape index (κ2) is 7.57. The van der Waals surface area contributed by atoms with Gasteiger partial charge in [0.05, 0.1) is 25.4 Å². The van der Waals surface area contributed by atoms with E-state index in [4.69, 9.17) is 16.3 Å². The summed E-state index contributed by atoms with van der Waals surface area (Å²) in [6.07, 6.45) is 3.83. The summed E-state index contributed by atoms with van der Waals surface area (Å²) in [5.74, 6) is -0.501. The number of piperidine rings is 1. The molecule has 0 N–H and O–H groups in total. The third-order valence-corrected chi connectivity index (χ3v) is 4.27. The van der Waals surface area contributed by atoms with Gasteiger partial charge in [0.1, 0.15) is 6.10 Å². The number of likely N-dealkylation sites (tertiary alicyclic amines) is 1. The second-order valence-electron chi connectivity index (χ2n) is 5.67. The molecule has 7 heteroatoms. The molecule has 0 aliphatic carbocycles. The van der Waals surface area contributed by atoms with Crippen LogP contribution in [0.4, 0.5) is 4.39 Å². The zero-order valence-electron chi connectivity index (χ0n) is 13.0. The summed E-state index contributed by atoms with van der Waals surface area (Å²) in [4.78, 5) is 21.8. The minimum Gasteiger partial charge on any atom is -0.458 e. The molecule has 0 spiro atoms. The molecule has 1 aromatic heterocycles. The largest absolute Gasteiger partial charge is 0.458 e. The number of nitrogens with zero attached hydrogens (tertiary/aromatic N) is 3. The fourth-order valence-corrected chi connectivity index (χ4v) is 2.89. The van der Waals surface area contributed by atoms with Crippen LogP contribution in [0.3, 0.4) is 0 Å². The number of rotatable bonds is 4. The van der Waals surface area contributed by atoms with Crippen LogP contribution in [0, 0.1) is 5.82 Å². The van der Waals surface area contributed by atoms with Gasteiger partial charge in [0.15, 0.2) is 5.82 Å². The van der Waals surface area contributed by atoms with Crippen LogP contribution in [0.5, 0.6) is 6.01 Å². The van der Waals surface area contributed by atoms with Gasteiger partial charge in [-0.15, -0.1) is 0 Å². The first-order chi connectivity index (χ1) is 11.6. The van der Waals surface area contributed by atoms with Crippen LogP contribution in [-0.4, -0.2) is 40.0 Å². The number of hydrogen-bond acceptors (Lipinski definition) is 4. The van der Waals surface area contributed by atoms with Gasteiger partial charge in [-0.25, -0.2) is 14.4 Å². The number of benzene rings is 1. The fraction of sp³-hybridized carbons (Fsp3) is 0.353.